The average Bonchev–Trinajstić information content (AvgIpc) is 1.80. The monoisotopic (exact) mass is 1420 g/mol. The van der Waals surface area contributed by atoms with Gasteiger partial charge < -0.3 is 70.9 Å². The van der Waals surface area contributed by atoms with Crippen LogP contribution in [-0.4, -0.2) is 195 Å². The molecule has 0 spiro atoms. The first-order valence-electron chi connectivity index (χ1n) is 36.4. The Morgan fingerprint density at radius 1 is 0.683 bits per heavy atom. The molecule has 568 valence electrons. The van der Waals surface area contributed by atoms with Crippen molar-refractivity contribution in [1.82, 2.24) is 25.3 Å². The second kappa shape index (κ2) is 46.6. The smallest absolute Gasteiger partial charge is 0.410 e. The van der Waals surface area contributed by atoms with Gasteiger partial charge in [-0.25, -0.2) is 9.59 Å². The molecule has 0 aliphatic carbocycles. The fourth-order valence-corrected chi connectivity index (χ4v) is 13.4. The van der Waals surface area contributed by atoms with Gasteiger partial charge in [0, 0.05) is 110 Å². The number of anilines is 1. The number of primary amides is 1. The number of likely N-dealkylation sites (tertiary alicyclic amines) is 1. The number of carbonyl (C=O) groups is 11. The van der Waals surface area contributed by atoms with Crippen LogP contribution < -0.4 is 27.4 Å². The van der Waals surface area contributed by atoms with E-state index in [4.69, 9.17) is 35.2 Å². The van der Waals surface area contributed by atoms with Crippen molar-refractivity contribution >= 4 is 70.4 Å². The van der Waals surface area contributed by atoms with Gasteiger partial charge in [0.25, 0.3) is 0 Å². The Kier molecular flexibility index (Phi) is 40.6. The van der Waals surface area contributed by atoms with Crippen molar-refractivity contribution in [2.45, 2.75) is 221 Å². The van der Waals surface area contributed by atoms with Gasteiger partial charge in [-0.05, 0) is 97.8 Å². The minimum atomic E-state index is -0.971. The Morgan fingerprint density at radius 3 is 1.92 bits per heavy atom. The second-order valence-electron chi connectivity index (χ2n) is 28.4. The molecule has 1 aliphatic rings. The molecular weight excluding hydrogens is 1300 g/mol. The van der Waals surface area contributed by atoms with Crippen LogP contribution >= 0.6 is 0 Å². The Hall–Kier alpha value is -7.03. The van der Waals surface area contributed by atoms with Gasteiger partial charge in [-0.1, -0.05) is 125 Å². The Morgan fingerprint density at radius 2 is 1.33 bits per heavy atom. The standard InChI is InChI=1S/C76H122N8O17/c1-15-51(8)70(65(97-13)44-67(91)84-37-23-31-61(84)72(98-14)53(10)62(87)41-52(9)71(92)55-25-18-16-19-26-55)82(11)74(94)60(48(2)3)43-64(89)69(50(6)7)83(12)76(96)101-46-54-32-34-57(35-33-54)80-73(93)56(27-22-36-79-75(78)95)42-63(88)68(49(4)5)81-66(90)47-100-40-39-99-38-24-30-58(85)28-20-17-21-29-59(86)45-77/h16,18-19,25-26,32-35,48-53,56,60-61,65,68-72,92H,15,17,20-24,27-31,36-47,77H2,1-14H3,(H,80,93)(H,81,90)(H3,78,79,95)/t51-,52-,53-,56+,60-,61-,65+,68-,69?,70-,71+,72+/m0/s1. The zero-order chi connectivity index (χ0) is 75.5. The Labute approximate surface area is 600 Å². The molecule has 1 aliphatic heterocycles. The van der Waals surface area contributed by atoms with Crippen molar-refractivity contribution < 1.29 is 81.5 Å². The van der Waals surface area contributed by atoms with E-state index in [9.17, 15) is 57.8 Å². The number of Topliss-reactive ketones (excluding diaryl/α,β-unsaturated/α-hetero) is 5. The number of nitrogens with zero attached hydrogens (tertiary/aromatic N) is 3. The zero-order valence-electron chi connectivity index (χ0n) is 62.8. The summed E-state index contributed by atoms with van der Waals surface area (Å²) in [6, 6.07) is 12.1. The highest BCUT2D eigenvalue weighted by Gasteiger charge is 2.44. The van der Waals surface area contributed by atoms with Crippen LogP contribution in [0.2, 0.25) is 0 Å². The molecule has 1 fully saturated rings. The van der Waals surface area contributed by atoms with Gasteiger partial charge in [0.2, 0.25) is 23.6 Å². The lowest BCUT2D eigenvalue weighted by molar-refractivity contribution is -0.149. The summed E-state index contributed by atoms with van der Waals surface area (Å²) in [6.45, 7) is 19.3. The first-order chi connectivity index (χ1) is 47.9. The van der Waals surface area contributed by atoms with E-state index < -0.39 is 84.2 Å². The highest BCUT2D eigenvalue weighted by atomic mass is 16.6. The minimum Gasteiger partial charge on any atom is -0.445 e. The fourth-order valence-electron chi connectivity index (χ4n) is 13.4. The number of aliphatic hydroxyl groups is 1. The number of likely N-dealkylation sites (N-methyl/N-ethyl adjacent to an activating group) is 2. The van der Waals surface area contributed by atoms with Crippen LogP contribution in [0.1, 0.15) is 189 Å². The van der Waals surface area contributed by atoms with Crippen LogP contribution in [-0.2, 0) is 73.4 Å². The lowest BCUT2D eigenvalue weighted by Crippen LogP contribution is -2.54. The number of benzene rings is 2. The molecular formula is C76H122N8O17. The number of urea groups is 1. The zero-order valence-corrected chi connectivity index (χ0v) is 62.8. The molecule has 1 saturated heterocycles. The molecule has 7 amide bonds. The third-order valence-electron chi connectivity index (χ3n) is 19.5. The maximum Gasteiger partial charge on any atom is 0.410 e. The molecule has 1 unspecified atom stereocenters. The van der Waals surface area contributed by atoms with E-state index in [-0.39, 0.29) is 142 Å². The summed E-state index contributed by atoms with van der Waals surface area (Å²) in [5.41, 5.74) is 12.3. The number of methoxy groups -OCH3 is 2. The van der Waals surface area contributed by atoms with E-state index in [1.807, 2.05) is 85.7 Å². The largest absolute Gasteiger partial charge is 0.445 e. The molecule has 8 N–H and O–H groups in total. The van der Waals surface area contributed by atoms with Gasteiger partial charge in [0.1, 0.15) is 30.6 Å². The van der Waals surface area contributed by atoms with Gasteiger partial charge in [0.05, 0.1) is 68.7 Å². The van der Waals surface area contributed by atoms with Crippen molar-refractivity contribution in [1.29, 1.82) is 0 Å². The second-order valence-corrected chi connectivity index (χ2v) is 28.4. The molecule has 0 aromatic heterocycles. The van der Waals surface area contributed by atoms with Crippen molar-refractivity contribution in [3.63, 3.8) is 0 Å². The molecule has 2 aromatic rings. The number of hydrogen-bond acceptors (Lipinski definition) is 18. The third kappa shape index (κ3) is 30.1. The molecule has 25 heteroatoms. The highest BCUT2D eigenvalue weighted by molar-refractivity contribution is 5.98. The van der Waals surface area contributed by atoms with Crippen molar-refractivity contribution in [3.8, 4) is 0 Å². The summed E-state index contributed by atoms with van der Waals surface area (Å²) >= 11 is 0. The van der Waals surface area contributed by atoms with Crippen LogP contribution in [0.4, 0.5) is 15.3 Å². The normalized spacial score (nSPS) is 16.4. The average molecular weight is 1420 g/mol. The molecule has 0 bridgehead atoms. The molecule has 0 saturated carbocycles. The fraction of sp³-hybridized carbons (Fsp3) is 0.697. The minimum absolute atomic E-state index is 0.0152. The first kappa shape index (κ1) is 88.2. The van der Waals surface area contributed by atoms with E-state index in [1.165, 1.54) is 19.1 Å². The van der Waals surface area contributed by atoms with E-state index in [2.05, 4.69) is 16.0 Å². The summed E-state index contributed by atoms with van der Waals surface area (Å²) in [5.74, 6) is -5.96. The molecule has 12 atom stereocenters. The molecule has 1 heterocycles. The van der Waals surface area contributed by atoms with E-state index in [0.717, 1.165) is 24.8 Å². The number of nitrogens with two attached hydrogens (primary N) is 2. The Bertz CT molecular complexity index is 2910. The van der Waals surface area contributed by atoms with Gasteiger partial charge >= 0.3 is 12.1 Å². The summed E-state index contributed by atoms with van der Waals surface area (Å²) in [4.78, 5) is 152. The summed E-state index contributed by atoms with van der Waals surface area (Å²) in [6.07, 6.45) is 3.21. The quantitative estimate of drug-likeness (QED) is 0.0337. The van der Waals surface area contributed by atoms with Crippen LogP contribution in [0.5, 0.6) is 0 Å². The van der Waals surface area contributed by atoms with Crippen LogP contribution in [0, 0.1) is 47.3 Å². The predicted octanol–water partition coefficient (Wildman–Crippen LogP) is 8.72. The summed E-state index contributed by atoms with van der Waals surface area (Å²) in [7, 11) is 6.23. The van der Waals surface area contributed by atoms with E-state index in [1.54, 1.807) is 62.1 Å². The SMILES string of the molecule is CC[C@H](C)[C@@H]([C@@H](CC(=O)N1CCC[C@H]1[C@H](OC)[C@@H](C)C(=O)C[C@H](C)[C@@H](O)c1ccccc1)OC)N(C)C(=O)[C@@H](CC(=O)C(C(C)C)N(C)C(=O)OCc1ccc(NC(=O)[C@H](CCCNC(N)=O)CC(=O)[C@@H](NC(=O)COCCOCCCC(=O)CCCCCC(=O)CN)C(C)C)cc1)C(C)C. The van der Waals surface area contributed by atoms with Crippen molar-refractivity contribution in [3.05, 3.63) is 65.7 Å². The van der Waals surface area contributed by atoms with Gasteiger partial charge in [0.15, 0.2) is 11.6 Å². The molecule has 101 heavy (non-hydrogen) atoms. The number of amides is 7. The van der Waals surface area contributed by atoms with Crippen molar-refractivity contribution in [2.75, 3.05) is 79.7 Å². The highest BCUT2D eigenvalue weighted by Crippen LogP contribution is 2.34. The molecule has 0 radical (unpaired) electrons. The van der Waals surface area contributed by atoms with Gasteiger partial charge in [-0.2, -0.15) is 0 Å². The van der Waals surface area contributed by atoms with Crippen LogP contribution in [0.3, 0.4) is 0 Å². The molecule has 25 nitrogen and oxygen atoms in total. The van der Waals surface area contributed by atoms with Gasteiger partial charge in [-0.15, -0.1) is 0 Å². The third-order valence-corrected chi connectivity index (χ3v) is 19.5. The van der Waals surface area contributed by atoms with E-state index in [0.29, 0.717) is 75.8 Å². The number of aliphatic hydroxyl groups excluding tert-OH is 1. The maximum atomic E-state index is 14.9. The van der Waals surface area contributed by atoms with Crippen molar-refractivity contribution in [2.24, 2.45) is 58.8 Å². The predicted molar refractivity (Wildman–Crippen MR) is 386 cm³/mol. The number of nitrogens with one attached hydrogen (secondary N) is 3. The van der Waals surface area contributed by atoms with Crippen LogP contribution in [0.25, 0.3) is 0 Å². The van der Waals surface area contributed by atoms with Crippen LogP contribution in [0.15, 0.2) is 54.6 Å². The maximum absolute atomic E-state index is 14.9. The summed E-state index contributed by atoms with van der Waals surface area (Å²) in [5, 5.41) is 19.1. The molecule has 3 rings (SSSR count). The first-order valence-corrected chi connectivity index (χ1v) is 36.4. The number of unbranched alkanes of at least 4 members (excludes halogenated alkanes) is 2. The number of ether oxygens (including phenoxy) is 5. The lowest BCUT2D eigenvalue weighted by atomic mass is 9.83. The van der Waals surface area contributed by atoms with Gasteiger partial charge in [-0.3, -0.25) is 43.2 Å². The molecule has 2 aromatic carbocycles. The Balaban J connectivity index is 1.62. The number of ketones is 5. The van der Waals surface area contributed by atoms with E-state index >= 15 is 0 Å². The lowest BCUT2D eigenvalue weighted by Gasteiger charge is -2.41. The summed E-state index contributed by atoms with van der Waals surface area (Å²) < 4.78 is 28.9. The number of hydrogen-bond donors (Lipinski definition) is 6. The topological polar surface area (TPSA) is 352 Å². The number of rotatable bonds is 51. The number of carbonyl (C=O) groups excluding carboxylic acids is 11.